The highest BCUT2D eigenvalue weighted by Gasteiger charge is 2.23. The first kappa shape index (κ1) is 8.78. The second-order valence-electron chi connectivity index (χ2n) is 2.94. The summed E-state index contributed by atoms with van der Waals surface area (Å²) in [6, 6.07) is 9.44. The molecule has 3 heteroatoms. The van der Waals surface area contributed by atoms with Gasteiger partial charge in [0.1, 0.15) is 5.37 Å². The van der Waals surface area contributed by atoms with Crippen molar-refractivity contribution in [1.82, 2.24) is 5.32 Å². The smallest absolute Gasteiger partial charge is 0.189 e. The van der Waals surface area contributed by atoms with Crippen LogP contribution in [0.1, 0.15) is 10.4 Å². The molecule has 0 radical (unpaired) electrons. The van der Waals surface area contributed by atoms with Crippen LogP contribution in [0.3, 0.4) is 0 Å². The number of carbonyl (C=O) groups excluding carboxylic acids is 1. The molecular weight excluding hydrogens is 182 g/mol. The molecule has 1 fully saturated rings. The molecule has 1 atom stereocenters. The molecule has 1 aliphatic rings. The van der Waals surface area contributed by atoms with Crippen molar-refractivity contribution in [3.63, 3.8) is 0 Å². The highest BCUT2D eigenvalue weighted by Crippen LogP contribution is 2.18. The Kier molecular flexibility index (Phi) is 2.66. The van der Waals surface area contributed by atoms with Crippen LogP contribution in [0.5, 0.6) is 0 Å². The normalized spacial score (nSPS) is 21.7. The SMILES string of the molecule is O=C(c1ccccc1)C1NCCS1. The predicted molar refractivity (Wildman–Crippen MR) is 55.0 cm³/mol. The summed E-state index contributed by atoms with van der Waals surface area (Å²) in [5.74, 6) is 1.23. The Hall–Kier alpha value is -0.800. The first-order valence-corrected chi connectivity index (χ1v) is 5.37. The monoisotopic (exact) mass is 193 g/mol. The fraction of sp³-hybridized carbons (Fsp3) is 0.300. The zero-order valence-electron chi connectivity index (χ0n) is 7.19. The fourth-order valence-electron chi connectivity index (χ4n) is 1.35. The van der Waals surface area contributed by atoms with Crippen LogP contribution in [0.2, 0.25) is 0 Å². The van der Waals surface area contributed by atoms with Crippen LogP contribution in [-0.4, -0.2) is 23.5 Å². The lowest BCUT2D eigenvalue weighted by Crippen LogP contribution is -2.28. The van der Waals surface area contributed by atoms with Crippen LogP contribution in [0.15, 0.2) is 30.3 Å². The van der Waals surface area contributed by atoms with Crippen molar-refractivity contribution in [2.75, 3.05) is 12.3 Å². The van der Waals surface area contributed by atoms with Crippen molar-refractivity contribution >= 4 is 17.5 Å². The maximum Gasteiger partial charge on any atom is 0.189 e. The third-order valence-electron chi connectivity index (χ3n) is 2.01. The first-order valence-electron chi connectivity index (χ1n) is 4.32. The van der Waals surface area contributed by atoms with E-state index in [2.05, 4.69) is 5.32 Å². The molecule has 0 amide bonds. The Morgan fingerprint density at radius 1 is 1.38 bits per heavy atom. The molecule has 0 saturated carbocycles. The summed E-state index contributed by atoms with van der Waals surface area (Å²) in [4.78, 5) is 11.8. The molecule has 0 aliphatic carbocycles. The van der Waals surface area contributed by atoms with Gasteiger partial charge >= 0.3 is 0 Å². The Labute approximate surface area is 81.7 Å². The molecule has 68 valence electrons. The van der Waals surface area contributed by atoms with Gasteiger partial charge in [-0.2, -0.15) is 0 Å². The maximum absolute atomic E-state index is 11.8. The van der Waals surface area contributed by atoms with E-state index in [0.29, 0.717) is 0 Å². The van der Waals surface area contributed by atoms with Gasteiger partial charge in [0.2, 0.25) is 0 Å². The summed E-state index contributed by atoms with van der Waals surface area (Å²) in [7, 11) is 0. The molecule has 1 unspecified atom stereocenters. The summed E-state index contributed by atoms with van der Waals surface area (Å²) < 4.78 is 0. The zero-order chi connectivity index (χ0) is 9.10. The molecule has 1 saturated heterocycles. The van der Waals surface area contributed by atoms with Gasteiger partial charge in [-0.25, -0.2) is 0 Å². The minimum absolute atomic E-state index is 0.0256. The second kappa shape index (κ2) is 3.94. The quantitative estimate of drug-likeness (QED) is 0.722. The molecule has 1 N–H and O–H groups in total. The van der Waals surface area contributed by atoms with E-state index in [1.54, 1.807) is 11.8 Å². The van der Waals surface area contributed by atoms with Gasteiger partial charge in [0, 0.05) is 17.9 Å². The lowest BCUT2D eigenvalue weighted by atomic mass is 10.1. The third-order valence-corrected chi connectivity index (χ3v) is 3.17. The van der Waals surface area contributed by atoms with E-state index in [9.17, 15) is 4.79 Å². The largest absolute Gasteiger partial charge is 0.298 e. The molecule has 1 aromatic carbocycles. The lowest BCUT2D eigenvalue weighted by Gasteiger charge is -2.07. The van der Waals surface area contributed by atoms with Crippen molar-refractivity contribution in [2.45, 2.75) is 5.37 Å². The van der Waals surface area contributed by atoms with Gasteiger partial charge in [0.05, 0.1) is 0 Å². The van der Waals surface area contributed by atoms with Crippen LogP contribution in [0, 0.1) is 0 Å². The highest BCUT2D eigenvalue weighted by molar-refractivity contribution is 8.00. The number of thioether (sulfide) groups is 1. The van der Waals surface area contributed by atoms with Crippen LogP contribution >= 0.6 is 11.8 Å². The van der Waals surface area contributed by atoms with Gasteiger partial charge in [0.15, 0.2) is 5.78 Å². The molecule has 0 aromatic heterocycles. The number of benzene rings is 1. The van der Waals surface area contributed by atoms with Gasteiger partial charge in [-0.15, -0.1) is 11.8 Å². The third kappa shape index (κ3) is 1.92. The van der Waals surface area contributed by atoms with E-state index in [4.69, 9.17) is 0 Å². The van der Waals surface area contributed by atoms with E-state index in [-0.39, 0.29) is 11.2 Å². The van der Waals surface area contributed by atoms with Crippen LogP contribution in [0.4, 0.5) is 0 Å². The number of carbonyl (C=O) groups is 1. The minimum atomic E-state index is -0.0256. The lowest BCUT2D eigenvalue weighted by molar-refractivity contribution is 0.0982. The minimum Gasteiger partial charge on any atom is -0.298 e. The summed E-state index contributed by atoms with van der Waals surface area (Å²) in [6.07, 6.45) is 0. The van der Waals surface area contributed by atoms with Crippen LogP contribution < -0.4 is 5.32 Å². The van der Waals surface area contributed by atoms with Crippen molar-refractivity contribution in [3.8, 4) is 0 Å². The van der Waals surface area contributed by atoms with E-state index in [0.717, 1.165) is 17.9 Å². The predicted octanol–water partition coefficient (Wildman–Crippen LogP) is 1.53. The van der Waals surface area contributed by atoms with Gasteiger partial charge < -0.3 is 0 Å². The summed E-state index contributed by atoms with van der Waals surface area (Å²) in [6.45, 7) is 0.938. The van der Waals surface area contributed by atoms with Crippen molar-refractivity contribution in [3.05, 3.63) is 35.9 Å². The molecule has 2 rings (SSSR count). The first-order chi connectivity index (χ1) is 6.38. The molecule has 2 nitrogen and oxygen atoms in total. The van der Waals surface area contributed by atoms with Crippen molar-refractivity contribution in [2.24, 2.45) is 0 Å². The standard InChI is InChI=1S/C10H11NOS/c12-9(10-11-6-7-13-10)8-4-2-1-3-5-8/h1-5,10-11H,6-7H2. The molecular formula is C10H11NOS. The summed E-state index contributed by atoms with van der Waals surface area (Å²) in [5, 5.41) is 3.14. The van der Waals surface area contributed by atoms with Gasteiger partial charge in [-0.3, -0.25) is 10.1 Å². The molecule has 13 heavy (non-hydrogen) atoms. The Morgan fingerprint density at radius 2 is 2.15 bits per heavy atom. The molecule has 0 spiro atoms. The number of rotatable bonds is 2. The second-order valence-corrected chi connectivity index (χ2v) is 4.15. The fourth-order valence-corrected chi connectivity index (χ4v) is 2.34. The van der Waals surface area contributed by atoms with Gasteiger partial charge in [-0.05, 0) is 0 Å². The Balaban J connectivity index is 2.13. The van der Waals surface area contributed by atoms with Crippen molar-refractivity contribution in [1.29, 1.82) is 0 Å². The maximum atomic E-state index is 11.8. The molecule has 0 bridgehead atoms. The number of ketones is 1. The average Bonchev–Trinajstić information content (AvgIpc) is 2.71. The topological polar surface area (TPSA) is 29.1 Å². The van der Waals surface area contributed by atoms with Gasteiger partial charge in [0.25, 0.3) is 0 Å². The number of nitrogens with one attached hydrogen (secondary N) is 1. The van der Waals surface area contributed by atoms with Crippen LogP contribution in [-0.2, 0) is 0 Å². The van der Waals surface area contributed by atoms with E-state index in [1.165, 1.54) is 0 Å². The number of Topliss-reactive ketones (excluding diaryl/α,β-unsaturated/α-hetero) is 1. The van der Waals surface area contributed by atoms with Gasteiger partial charge in [-0.1, -0.05) is 30.3 Å². The Bertz CT molecular complexity index is 293. The summed E-state index contributed by atoms with van der Waals surface area (Å²) >= 11 is 1.68. The van der Waals surface area contributed by atoms with E-state index in [1.807, 2.05) is 30.3 Å². The average molecular weight is 193 g/mol. The summed E-state index contributed by atoms with van der Waals surface area (Å²) in [5.41, 5.74) is 0.800. The zero-order valence-corrected chi connectivity index (χ0v) is 8.01. The highest BCUT2D eigenvalue weighted by atomic mass is 32.2. The van der Waals surface area contributed by atoms with Crippen LogP contribution in [0.25, 0.3) is 0 Å². The van der Waals surface area contributed by atoms with E-state index >= 15 is 0 Å². The number of hydrogen-bond donors (Lipinski definition) is 1. The molecule has 1 heterocycles. The van der Waals surface area contributed by atoms with Crippen molar-refractivity contribution < 1.29 is 4.79 Å². The molecule has 1 aliphatic heterocycles. The Morgan fingerprint density at radius 3 is 2.77 bits per heavy atom. The molecule has 1 aromatic rings. The van der Waals surface area contributed by atoms with E-state index < -0.39 is 0 Å². The number of hydrogen-bond acceptors (Lipinski definition) is 3.